The van der Waals surface area contributed by atoms with E-state index in [2.05, 4.69) is 11.8 Å². The van der Waals surface area contributed by atoms with E-state index in [1.807, 2.05) is 0 Å². The fourth-order valence-corrected chi connectivity index (χ4v) is 2.36. The van der Waals surface area contributed by atoms with Crippen molar-refractivity contribution in [2.45, 2.75) is 25.8 Å². The third-order valence-electron chi connectivity index (χ3n) is 3.52. The largest absolute Gasteiger partial charge is 0.395 e. The van der Waals surface area contributed by atoms with Crippen LogP contribution in [0.3, 0.4) is 0 Å². The van der Waals surface area contributed by atoms with Crippen molar-refractivity contribution in [3.63, 3.8) is 0 Å². The van der Waals surface area contributed by atoms with E-state index in [1.165, 1.54) is 12.8 Å². The van der Waals surface area contributed by atoms with E-state index in [4.69, 9.17) is 9.84 Å². The molecular formula is C10H19NO2. The number of aliphatic hydroxyl groups excluding tert-OH is 1. The second kappa shape index (κ2) is 3.56. The van der Waals surface area contributed by atoms with Gasteiger partial charge >= 0.3 is 0 Å². The van der Waals surface area contributed by atoms with Gasteiger partial charge in [0.05, 0.1) is 6.61 Å². The summed E-state index contributed by atoms with van der Waals surface area (Å²) in [5, 5.41) is 8.99. The van der Waals surface area contributed by atoms with E-state index in [0.29, 0.717) is 11.5 Å². The van der Waals surface area contributed by atoms with E-state index in [1.54, 1.807) is 0 Å². The molecule has 13 heavy (non-hydrogen) atoms. The molecule has 1 spiro atoms. The average molecular weight is 185 g/mol. The van der Waals surface area contributed by atoms with Crippen LogP contribution in [0.25, 0.3) is 0 Å². The minimum absolute atomic E-state index is 0.284. The van der Waals surface area contributed by atoms with E-state index in [0.717, 1.165) is 26.3 Å². The summed E-state index contributed by atoms with van der Waals surface area (Å²) < 4.78 is 5.35. The number of ether oxygens (including phenoxy) is 1. The molecular weight excluding hydrogens is 166 g/mol. The zero-order valence-electron chi connectivity index (χ0n) is 8.33. The van der Waals surface area contributed by atoms with Gasteiger partial charge in [-0.15, -0.1) is 0 Å². The summed E-state index contributed by atoms with van der Waals surface area (Å²) in [5.41, 5.74) is 0.543. The van der Waals surface area contributed by atoms with Crippen molar-refractivity contribution in [2.24, 2.45) is 5.41 Å². The lowest BCUT2D eigenvalue weighted by Crippen LogP contribution is -2.61. The Kier molecular flexibility index (Phi) is 2.58. The lowest BCUT2D eigenvalue weighted by molar-refractivity contribution is -0.100. The minimum atomic E-state index is 0.284. The van der Waals surface area contributed by atoms with Crippen LogP contribution in [-0.4, -0.2) is 49.0 Å². The summed E-state index contributed by atoms with van der Waals surface area (Å²) in [4.78, 5) is 2.37. The van der Waals surface area contributed by atoms with Gasteiger partial charge in [0.25, 0.3) is 0 Å². The van der Waals surface area contributed by atoms with Crippen molar-refractivity contribution in [2.75, 3.05) is 32.9 Å². The van der Waals surface area contributed by atoms with Crippen LogP contribution in [0.4, 0.5) is 0 Å². The van der Waals surface area contributed by atoms with Crippen LogP contribution in [0.15, 0.2) is 0 Å². The maximum absolute atomic E-state index is 8.99. The Morgan fingerprint density at radius 1 is 1.38 bits per heavy atom. The highest BCUT2D eigenvalue weighted by molar-refractivity contribution is 4.97. The SMILES string of the molecule is C[C@H](CO)N1CC2(CCOCC2)C1. The molecule has 1 N–H and O–H groups in total. The summed E-state index contributed by atoms with van der Waals surface area (Å²) in [6.45, 7) is 6.57. The minimum Gasteiger partial charge on any atom is -0.395 e. The van der Waals surface area contributed by atoms with Gasteiger partial charge in [-0.3, -0.25) is 4.90 Å². The molecule has 0 aromatic heterocycles. The molecule has 3 nitrogen and oxygen atoms in total. The first kappa shape index (κ1) is 9.44. The van der Waals surface area contributed by atoms with Gasteiger partial charge in [0, 0.05) is 37.8 Å². The Morgan fingerprint density at radius 3 is 2.54 bits per heavy atom. The highest BCUT2D eigenvalue weighted by atomic mass is 16.5. The summed E-state index contributed by atoms with van der Waals surface area (Å²) in [6.07, 6.45) is 2.42. The molecule has 2 fully saturated rings. The third-order valence-corrected chi connectivity index (χ3v) is 3.52. The average Bonchev–Trinajstić information content (AvgIpc) is 2.14. The van der Waals surface area contributed by atoms with Gasteiger partial charge in [-0.2, -0.15) is 0 Å². The molecule has 2 rings (SSSR count). The maximum atomic E-state index is 8.99. The molecule has 0 bridgehead atoms. The summed E-state index contributed by atoms with van der Waals surface area (Å²) >= 11 is 0. The van der Waals surface area contributed by atoms with E-state index >= 15 is 0 Å². The monoisotopic (exact) mass is 185 g/mol. The fourth-order valence-electron chi connectivity index (χ4n) is 2.36. The molecule has 0 aromatic rings. The van der Waals surface area contributed by atoms with E-state index in [9.17, 15) is 0 Å². The van der Waals surface area contributed by atoms with Crippen molar-refractivity contribution in [1.82, 2.24) is 4.90 Å². The van der Waals surface area contributed by atoms with Crippen LogP contribution < -0.4 is 0 Å². The predicted molar refractivity (Wildman–Crippen MR) is 50.6 cm³/mol. The Labute approximate surface area is 79.7 Å². The second-order valence-electron chi connectivity index (χ2n) is 4.55. The van der Waals surface area contributed by atoms with Gasteiger partial charge in [-0.25, -0.2) is 0 Å². The zero-order valence-corrected chi connectivity index (χ0v) is 8.33. The van der Waals surface area contributed by atoms with Gasteiger partial charge in [-0.1, -0.05) is 0 Å². The van der Waals surface area contributed by atoms with Crippen LogP contribution in [0, 0.1) is 5.41 Å². The van der Waals surface area contributed by atoms with Crippen molar-refractivity contribution >= 4 is 0 Å². The van der Waals surface area contributed by atoms with Crippen LogP contribution in [0.1, 0.15) is 19.8 Å². The molecule has 0 amide bonds. The molecule has 2 aliphatic rings. The first-order chi connectivity index (χ1) is 6.26. The molecule has 2 saturated heterocycles. The van der Waals surface area contributed by atoms with Crippen molar-refractivity contribution in [3.8, 4) is 0 Å². The van der Waals surface area contributed by atoms with Crippen LogP contribution in [0.5, 0.6) is 0 Å². The van der Waals surface area contributed by atoms with Gasteiger partial charge in [0.15, 0.2) is 0 Å². The molecule has 76 valence electrons. The fraction of sp³-hybridized carbons (Fsp3) is 1.00. The van der Waals surface area contributed by atoms with Crippen LogP contribution >= 0.6 is 0 Å². The Morgan fingerprint density at radius 2 is 2.00 bits per heavy atom. The number of nitrogens with zero attached hydrogens (tertiary/aromatic N) is 1. The topological polar surface area (TPSA) is 32.7 Å². The number of hydrogen-bond donors (Lipinski definition) is 1. The highest BCUT2D eigenvalue weighted by Gasteiger charge is 2.44. The van der Waals surface area contributed by atoms with Crippen LogP contribution in [-0.2, 0) is 4.74 Å². The number of likely N-dealkylation sites (tertiary alicyclic amines) is 1. The maximum Gasteiger partial charge on any atom is 0.0584 e. The van der Waals surface area contributed by atoms with Crippen LogP contribution in [0.2, 0.25) is 0 Å². The smallest absolute Gasteiger partial charge is 0.0584 e. The number of aliphatic hydroxyl groups is 1. The molecule has 0 saturated carbocycles. The quantitative estimate of drug-likeness (QED) is 0.679. The lowest BCUT2D eigenvalue weighted by Gasteiger charge is -2.54. The summed E-state index contributed by atoms with van der Waals surface area (Å²) in [7, 11) is 0. The van der Waals surface area contributed by atoms with Gasteiger partial charge < -0.3 is 9.84 Å². The Balaban J connectivity index is 1.81. The summed E-state index contributed by atoms with van der Waals surface area (Å²) in [6, 6.07) is 0.341. The van der Waals surface area contributed by atoms with Gasteiger partial charge in [0.2, 0.25) is 0 Å². The molecule has 0 unspecified atom stereocenters. The normalized spacial score (nSPS) is 30.0. The lowest BCUT2D eigenvalue weighted by atomic mass is 9.73. The highest BCUT2D eigenvalue weighted by Crippen LogP contribution is 2.40. The van der Waals surface area contributed by atoms with Gasteiger partial charge in [0.1, 0.15) is 0 Å². The Bertz CT molecular complexity index is 170. The zero-order chi connectivity index (χ0) is 9.31. The van der Waals surface area contributed by atoms with Crippen molar-refractivity contribution in [1.29, 1.82) is 0 Å². The van der Waals surface area contributed by atoms with Gasteiger partial charge in [-0.05, 0) is 19.8 Å². The standard InChI is InChI=1S/C10H19NO2/c1-9(6-12)11-7-10(8-11)2-4-13-5-3-10/h9,12H,2-8H2,1H3/t9-/m1/s1. The molecule has 0 aromatic carbocycles. The number of rotatable bonds is 2. The van der Waals surface area contributed by atoms with Crippen molar-refractivity contribution < 1.29 is 9.84 Å². The first-order valence-corrected chi connectivity index (χ1v) is 5.18. The third kappa shape index (κ3) is 1.73. The predicted octanol–water partition coefficient (Wildman–Crippen LogP) is 0.480. The molecule has 2 aliphatic heterocycles. The molecule has 3 heteroatoms. The van der Waals surface area contributed by atoms with Crippen molar-refractivity contribution in [3.05, 3.63) is 0 Å². The Hall–Kier alpha value is -0.120. The number of hydrogen-bond acceptors (Lipinski definition) is 3. The first-order valence-electron chi connectivity index (χ1n) is 5.18. The molecule has 0 radical (unpaired) electrons. The molecule has 1 atom stereocenters. The second-order valence-corrected chi connectivity index (χ2v) is 4.55. The summed E-state index contributed by atoms with van der Waals surface area (Å²) in [5.74, 6) is 0. The molecule has 2 heterocycles. The van der Waals surface area contributed by atoms with E-state index in [-0.39, 0.29) is 6.61 Å². The van der Waals surface area contributed by atoms with E-state index < -0.39 is 0 Å². The molecule has 0 aliphatic carbocycles.